The summed E-state index contributed by atoms with van der Waals surface area (Å²) in [4.78, 5) is 0. The second kappa shape index (κ2) is 13.5. The smallest absolute Gasteiger partial charge is 0.131 e. The van der Waals surface area contributed by atoms with E-state index in [0.717, 1.165) is 16.7 Å². The predicted molar refractivity (Wildman–Crippen MR) is 174 cm³/mol. The highest BCUT2D eigenvalue weighted by atomic mass is 16.5. The molecule has 1 aliphatic rings. The highest BCUT2D eigenvalue weighted by Gasteiger charge is 2.33. The molecule has 0 aliphatic heterocycles. The Hall–Kier alpha value is -4.44. The zero-order valence-corrected chi connectivity index (χ0v) is 27.8. The number of phenols is 2. The Balaban J connectivity index is 1.97. The lowest BCUT2D eigenvalue weighted by Gasteiger charge is -2.29. The largest absolute Gasteiger partial charge is 0.507 e. The molecule has 0 amide bonds. The third-order valence-corrected chi connectivity index (χ3v) is 8.63. The number of phenolic OH excluding ortho intramolecular Hbond substituents is 2. The second-order valence-corrected chi connectivity index (χ2v) is 11.4. The van der Waals surface area contributed by atoms with Gasteiger partial charge in [0.2, 0.25) is 0 Å². The van der Waals surface area contributed by atoms with Crippen LogP contribution in [0.1, 0.15) is 73.9 Å². The van der Waals surface area contributed by atoms with E-state index in [0.29, 0.717) is 68.4 Å². The van der Waals surface area contributed by atoms with Crippen molar-refractivity contribution in [3.63, 3.8) is 0 Å². The number of hydrogen-bond acceptors (Lipinski definition) is 9. The van der Waals surface area contributed by atoms with Crippen LogP contribution in [0, 0.1) is 13.8 Å². The summed E-state index contributed by atoms with van der Waals surface area (Å²) in [7, 11) is 11.1. The lowest BCUT2D eigenvalue weighted by atomic mass is 9.87. The summed E-state index contributed by atoms with van der Waals surface area (Å²) in [6.07, 6.45) is -2.00. The van der Waals surface area contributed by atoms with E-state index >= 15 is 0 Å². The van der Waals surface area contributed by atoms with Crippen molar-refractivity contribution >= 4 is 0 Å². The number of aryl methyl sites for hydroxylation is 2. The molecule has 1 aliphatic carbocycles. The predicted octanol–water partition coefficient (Wildman–Crippen LogP) is 6.86. The number of rotatable bonds is 7. The first-order valence-electron chi connectivity index (χ1n) is 14.9. The second-order valence-electron chi connectivity index (χ2n) is 11.4. The Labute approximate surface area is 270 Å². The zero-order chi connectivity index (χ0) is 33.3. The third-order valence-electron chi connectivity index (χ3n) is 8.63. The Kier molecular flexibility index (Phi) is 9.67. The molecule has 0 saturated heterocycles. The molecule has 5 rings (SSSR count). The van der Waals surface area contributed by atoms with Gasteiger partial charge in [0.05, 0.1) is 28.4 Å². The first-order chi connectivity index (χ1) is 22.1. The third kappa shape index (κ3) is 5.70. The van der Waals surface area contributed by atoms with Gasteiger partial charge < -0.3 is 43.4 Å². The summed E-state index contributed by atoms with van der Waals surface area (Å²) in [6.45, 7) is 3.94. The van der Waals surface area contributed by atoms with Gasteiger partial charge in [-0.2, -0.15) is 0 Å². The molecular formula is C37H42O9. The molecule has 4 aromatic rings. The average Bonchev–Trinajstić information content (AvgIpc) is 3.04. The van der Waals surface area contributed by atoms with Gasteiger partial charge in [-0.15, -0.1) is 0 Å². The van der Waals surface area contributed by atoms with Gasteiger partial charge in [0.25, 0.3) is 0 Å². The molecule has 0 heterocycles. The number of methoxy groups -OCH3 is 7. The Bertz CT molecular complexity index is 1740. The molecule has 2 N–H and O–H groups in total. The molecule has 9 nitrogen and oxygen atoms in total. The number of hydrogen-bond donors (Lipinski definition) is 2. The molecule has 9 heteroatoms. The fourth-order valence-corrected chi connectivity index (χ4v) is 6.69. The molecule has 0 saturated carbocycles. The first kappa shape index (κ1) is 32.9. The van der Waals surface area contributed by atoms with Crippen molar-refractivity contribution in [2.75, 3.05) is 49.8 Å². The van der Waals surface area contributed by atoms with E-state index in [2.05, 4.69) is 0 Å². The lowest BCUT2D eigenvalue weighted by Crippen LogP contribution is -2.14. The molecule has 1 unspecified atom stereocenters. The first-order valence-corrected chi connectivity index (χ1v) is 14.9. The van der Waals surface area contributed by atoms with Crippen LogP contribution in [-0.2, 0) is 20.6 Å². The fourth-order valence-electron chi connectivity index (χ4n) is 6.69. The maximum absolute atomic E-state index is 12.0. The van der Waals surface area contributed by atoms with Gasteiger partial charge in [-0.1, -0.05) is 17.2 Å². The highest BCUT2D eigenvalue weighted by molar-refractivity contribution is 5.61. The van der Waals surface area contributed by atoms with Crippen LogP contribution in [-0.4, -0.2) is 60.0 Å². The van der Waals surface area contributed by atoms with Crippen molar-refractivity contribution in [2.45, 2.75) is 38.6 Å². The zero-order valence-electron chi connectivity index (χ0n) is 27.8. The van der Waals surface area contributed by atoms with Gasteiger partial charge in [-0.3, -0.25) is 0 Å². The van der Waals surface area contributed by atoms with Crippen molar-refractivity contribution in [1.29, 1.82) is 0 Å². The summed E-state index contributed by atoms with van der Waals surface area (Å²) in [5, 5.41) is 23.9. The van der Waals surface area contributed by atoms with Crippen LogP contribution in [0.15, 0.2) is 48.5 Å². The fraction of sp³-hybridized carbons (Fsp3) is 0.351. The molecule has 4 aromatic carbocycles. The van der Waals surface area contributed by atoms with Gasteiger partial charge in [0.15, 0.2) is 0 Å². The van der Waals surface area contributed by atoms with Crippen LogP contribution in [0.5, 0.6) is 34.5 Å². The van der Waals surface area contributed by atoms with E-state index in [1.54, 1.807) is 68.0 Å². The van der Waals surface area contributed by atoms with Crippen molar-refractivity contribution in [3.05, 3.63) is 104 Å². The van der Waals surface area contributed by atoms with E-state index in [1.165, 1.54) is 0 Å². The number of benzene rings is 4. The molecule has 0 radical (unpaired) electrons. The van der Waals surface area contributed by atoms with Crippen LogP contribution in [0.4, 0.5) is 0 Å². The normalized spacial score (nSPS) is 17.4. The Morgan fingerprint density at radius 3 is 1.30 bits per heavy atom. The van der Waals surface area contributed by atoms with E-state index in [1.807, 2.05) is 44.2 Å². The summed E-state index contributed by atoms with van der Waals surface area (Å²) in [5.41, 5.74) is 6.69. The van der Waals surface area contributed by atoms with E-state index < -0.39 is 18.3 Å². The van der Waals surface area contributed by atoms with Crippen molar-refractivity contribution in [3.8, 4) is 34.5 Å². The number of aromatic hydroxyl groups is 2. The molecule has 0 aromatic heterocycles. The van der Waals surface area contributed by atoms with E-state index in [-0.39, 0.29) is 11.5 Å². The van der Waals surface area contributed by atoms with E-state index in [4.69, 9.17) is 33.2 Å². The van der Waals surface area contributed by atoms with Gasteiger partial charge >= 0.3 is 0 Å². The van der Waals surface area contributed by atoms with Crippen LogP contribution in [0.3, 0.4) is 0 Å². The molecule has 8 bridgehead atoms. The molecule has 244 valence electrons. The topological polar surface area (TPSA) is 105 Å². The molecular weight excluding hydrogens is 588 g/mol. The molecule has 46 heavy (non-hydrogen) atoms. The minimum absolute atomic E-state index is 0.0160. The highest BCUT2D eigenvalue weighted by Crippen LogP contribution is 2.49. The van der Waals surface area contributed by atoms with Crippen LogP contribution < -0.4 is 18.9 Å². The monoisotopic (exact) mass is 630 g/mol. The summed E-state index contributed by atoms with van der Waals surface area (Å²) in [5.74, 6) is 2.16. The van der Waals surface area contributed by atoms with Gasteiger partial charge in [-0.25, -0.2) is 0 Å². The van der Waals surface area contributed by atoms with E-state index in [9.17, 15) is 10.2 Å². The average molecular weight is 631 g/mol. The molecule has 0 fully saturated rings. The SMILES string of the molecule is COc1cc2c(O)c(c1)[C@H](OC)c1cc(C)cc(c1OC)C(OC)c1cc(OC)cc(c1O)[C@H](OC)c1cc(C)cc(c1OC)C2. The minimum Gasteiger partial charge on any atom is -0.507 e. The van der Waals surface area contributed by atoms with Crippen molar-refractivity contribution in [2.24, 2.45) is 0 Å². The molecule has 0 spiro atoms. The van der Waals surface area contributed by atoms with Gasteiger partial charge in [0.1, 0.15) is 52.8 Å². The summed E-state index contributed by atoms with van der Waals surface area (Å²) in [6, 6.07) is 15.0. The Morgan fingerprint density at radius 2 is 0.870 bits per heavy atom. The summed E-state index contributed by atoms with van der Waals surface area (Å²) >= 11 is 0. The standard InChI is InChI=1S/C37H42O9/c1-19-10-22-14-21-15-23(40-3)16-25(31(21)38)34(43-6)29-12-20(2)13-30(37(29)46-9)36(45-8)27-18-24(41-4)17-26(32(27)39)35(44-7)28(11-19)33(22)42-5/h10-13,15-18,34-36,38-39H,14H2,1-9H3/t34-,35-,36?/m0/s1. The van der Waals surface area contributed by atoms with Crippen LogP contribution >= 0.6 is 0 Å². The molecule has 3 atom stereocenters. The number of fused-ring (bicyclic) bond motifs is 8. The Morgan fingerprint density at radius 1 is 0.457 bits per heavy atom. The quantitative estimate of drug-likeness (QED) is 0.227. The maximum Gasteiger partial charge on any atom is 0.131 e. The van der Waals surface area contributed by atoms with Gasteiger partial charge in [-0.05, 0) is 61.9 Å². The number of ether oxygens (including phenoxy) is 7. The van der Waals surface area contributed by atoms with Gasteiger partial charge in [0, 0.05) is 66.7 Å². The lowest BCUT2D eigenvalue weighted by molar-refractivity contribution is 0.120. The van der Waals surface area contributed by atoms with Crippen molar-refractivity contribution in [1.82, 2.24) is 0 Å². The maximum atomic E-state index is 12.0. The van der Waals surface area contributed by atoms with Crippen LogP contribution in [0.2, 0.25) is 0 Å². The summed E-state index contributed by atoms with van der Waals surface area (Å²) < 4.78 is 41.9. The van der Waals surface area contributed by atoms with Crippen molar-refractivity contribution < 1.29 is 43.4 Å². The van der Waals surface area contributed by atoms with Crippen LogP contribution in [0.25, 0.3) is 0 Å². The minimum atomic E-state index is -0.796.